The van der Waals surface area contributed by atoms with Crippen LogP contribution in [-0.2, 0) is 14.3 Å². The van der Waals surface area contributed by atoms with Crippen molar-refractivity contribution in [2.75, 3.05) is 31.7 Å². The fourth-order valence-electron chi connectivity index (χ4n) is 1.20. The highest BCUT2D eigenvalue weighted by molar-refractivity contribution is 6.39. The molecule has 6 nitrogen and oxygen atoms in total. The van der Waals surface area contributed by atoms with Crippen LogP contribution in [0.1, 0.15) is 0 Å². The first-order valence-electron chi connectivity index (χ1n) is 5.67. The Balaban J connectivity index is 2.28. The SMILES string of the molecule is O=C(NCCOCCO)C(=O)Nc1ccc(F)cc1. The van der Waals surface area contributed by atoms with E-state index in [0.717, 1.165) is 0 Å². The molecule has 0 radical (unpaired) electrons. The lowest BCUT2D eigenvalue weighted by molar-refractivity contribution is -0.136. The van der Waals surface area contributed by atoms with Crippen molar-refractivity contribution < 1.29 is 23.8 Å². The first-order valence-corrected chi connectivity index (χ1v) is 5.67. The molecule has 1 aromatic rings. The molecule has 2 amide bonds. The molecule has 0 aliphatic heterocycles. The van der Waals surface area contributed by atoms with Crippen LogP contribution in [0.15, 0.2) is 24.3 Å². The van der Waals surface area contributed by atoms with Crippen molar-refractivity contribution in [1.29, 1.82) is 0 Å². The molecule has 0 saturated heterocycles. The van der Waals surface area contributed by atoms with Gasteiger partial charge in [0.2, 0.25) is 0 Å². The zero-order valence-electron chi connectivity index (χ0n) is 10.2. The first kappa shape index (κ1) is 15.1. The lowest BCUT2D eigenvalue weighted by Crippen LogP contribution is -2.37. The second kappa shape index (κ2) is 8.17. The minimum Gasteiger partial charge on any atom is -0.394 e. The van der Waals surface area contributed by atoms with Crippen LogP contribution < -0.4 is 10.6 Å². The molecule has 0 spiro atoms. The Morgan fingerprint density at radius 3 is 2.47 bits per heavy atom. The Morgan fingerprint density at radius 2 is 1.84 bits per heavy atom. The fraction of sp³-hybridized carbons (Fsp3) is 0.333. The average Bonchev–Trinajstić information content (AvgIpc) is 2.41. The van der Waals surface area contributed by atoms with Gasteiger partial charge in [0.25, 0.3) is 0 Å². The number of carbonyl (C=O) groups excluding carboxylic acids is 2. The topological polar surface area (TPSA) is 87.7 Å². The van der Waals surface area contributed by atoms with Gasteiger partial charge >= 0.3 is 11.8 Å². The Bertz CT molecular complexity index is 422. The van der Waals surface area contributed by atoms with E-state index >= 15 is 0 Å². The molecule has 0 unspecified atom stereocenters. The highest BCUT2D eigenvalue weighted by atomic mass is 19.1. The summed E-state index contributed by atoms with van der Waals surface area (Å²) in [5.41, 5.74) is 0.332. The van der Waals surface area contributed by atoms with Gasteiger partial charge in [-0.15, -0.1) is 0 Å². The normalized spacial score (nSPS) is 10.0. The summed E-state index contributed by atoms with van der Waals surface area (Å²) in [6.45, 7) is 0.447. The van der Waals surface area contributed by atoms with Gasteiger partial charge in [0, 0.05) is 12.2 Å². The van der Waals surface area contributed by atoms with Gasteiger partial charge in [-0.3, -0.25) is 9.59 Å². The third-order valence-corrected chi connectivity index (χ3v) is 2.08. The van der Waals surface area contributed by atoms with E-state index in [4.69, 9.17) is 9.84 Å². The summed E-state index contributed by atoms with van der Waals surface area (Å²) in [5.74, 6) is -2.07. The molecule has 0 fully saturated rings. The maximum absolute atomic E-state index is 12.6. The highest BCUT2D eigenvalue weighted by Gasteiger charge is 2.12. The molecule has 0 heterocycles. The minimum absolute atomic E-state index is 0.0982. The molecule has 0 atom stereocenters. The van der Waals surface area contributed by atoms with Gasteiger partial charge in [-0.25, -0.2) is 4.39 Å². The number of aliphatic hydroxyl groups is 1. The Hall–Kier alpha value is -1.99. The smallest absolute Gasteiger partial charge is 0.313 e. The summed E-state index contributed by atoms with van der Waals surface area (Å²) in [6.07, 6.45) is 0. The van der Waals surface area contributed by atoms with E-state index in [1.807, 2.05) is 0 Å². The molecule has 104 valence electrons. The third-order valence-electron chi connectivity index (χ3n) is 2.08. The van der Waals surface area contributed by atoms with Crippen LogP contribution in [0.3, 0.4) is 0 Å². The van der Waals surface area contributed by atoms with Gasteiger partial charge in [-0.05, 0) is 24.3 Å². The van der Waals surface area contributed by atoms with E-state index in [1.165, 1.54) is 24.3 Å². The van der Waals surface area contributed by atoms with Crippen molar-refractivity contribution in [3.8, 4) is 0 Å². The van der Waals surface area contributed by atoms with Gasteiger partial charge in [-0.2, -0.15) is 0 Å². The maximum atomic E-state index is 12.6. The zero-order valence-corrected chi connectivity index (χ0v) is 10.2. The average molecular weight is 270 g/mol. The highest BCUT2D eigenvalue weighted by Crippen LogP contribution is 2.07. The minimum atomic E-state index is -0.839. The van der Waals surface area contributed by atoms with Gasteiger partial charge in [0.05, 0.1) is 19.8 Å². The lowest BCUT2D eigenvalue weighted by atomic mass is 10.3. The van der Waals surface area contributed by atoms with Crippen LogP contribution in [0.4, 0.5) is 10.1 Å². The number of hydrogen-bond donors (Lipinski definition) is 3. The van der Waals surface area contributed by atoms with Crippen molar-refractivity contribution in [1.82, 2.24) is 5.32 Å². The van der Waals surface area contributed by atoms with Crippen molar-refractivity contribution in [3.05, 3.63) is 30.1 Å². The number of halogens is 1. The third kappa shape index (κ3) is 5.94. The molecule has 19 heavy (non-hydrogen) atoms. The van der Waals surface area contributed by atoms with Gasteiger partial charge < -0.3 is 20.5 Å². The summed E-state index contributed by atoms with van der Waals surface area (Å²) < 4.78 is 17.5. The summed E-state index contributed by atoms with van der Waals surface area (Å²) in [4.78, 5) is 22.8. The van der Waals surface area contributed by atoms with Gasteiger partial charge in [-0.1, -0.05) is 0 Å². The number of benzene rings is 1. The van der Waals surface area contributed by atoms with E-state index in [-0.39, 0.29) is 26.4 Å². The lowest BCUT2D eigenvalue weighted by Gasteiger charge is -2.06. The molecule has 3 N–H and O–H groups in total. The standard InChI is InChI=1S/C12H15FN2O4/c13-9-1-3-10(4-2-9)15-12(18)11(17)14-5-7-19-8-6-16/h1-4,16H,5-8H2,(H,14,17)(H,15,18). The monoisotopic (exact) mass is 270 g/mol. The number of ether oxygens (including phenoxy) is 1. The number of rotatable bonds is 6. The Kier molecular flexibility index (Phi) is 6.48. The molecule has 0 aliphatic carbocycles. The van der Waals surface area contributed by atoms with Crippen LogP contribution in [0.5, 0.6) is 0 Å². The largest absolute Gasteiger partial charge is 0.394 e. The number of nitrogens with one attached hydrogen (secondary N) is 2. The van der Waals surface area contributed by atoms with Gasteiger partial charge in [0.15, 0.2) is 0 Å². The number of amides is 2. The fourth-order valence-corrected chi connectivity index (χ4v) is 1.20. The van der Waals surface area contributed by atoms with Crippen LogP contribution in [0.2, 0.25) is 0 Å². The molecule has 0 aliphatic rings. The predicted octanol–water partition coefficient (Wildman–Crippen LogP) is -0.111. The van der Waals surface area contributed by atoms with Crippen LogP contribution >= 0.6 is 0 Å². The maximum Gasteiger partial charge on any atom is 0.313 e. The second-order valence-corrected chi connectivity index (χ2v) is 3.55. The van der Waals surface area contributed by atoms with E-state index in [9.17, 15) is 14.0 Å². The van der Waals surface area contributed by atoms with E-state index in [1.54, 1.807) is 0 Å². The molecule has 0 aromatic heterocycles. The van der Waals surface area contributed by atoms with Crippen molar-refractivity contribution in [2.24, 2.45) is 0 Å². The predicted molar refractivity (Wildman–Crippen MR) is 65.9 cm³/mol. The molecular weight excluding hydrogens is 255 g/mol. The first-order chi connectivity index (χ1) is 9.13. The van der Waals surface area contributed by atoms with Crippen LogP contribution in [-0.4, -0.2) is 43.3 Å². The van der Waals surface area contributed by atoms with E-state index in [0.29, 0.717) is 5.69 Å². The van der Waals surface area contributed by atoms with Crippen LogP contribution in [0.25, 0.3) is 0 Å². The Labute approximate surface area is 109 Å². The number of anilines is 1. The van der Waals surface area contributed by atoms with Gasteiger partial charge in [0.1, 0.15) is 5.82 Å². The van der Waals surface area contributed by atoms with Crippen molar-refractivity contribution in [2.45, 2.75) is 0 Å². The van der Waals surface area contributed by atoms with Crippen LogP contribution in [0, 0.1) is 5.82 Å². The molecule has 1 aromatic carbocycles. The van der Waals surface area contributed by atoms with E-state index < -0.39 is 17.6 Å². The summed E-state index contributed by atoms with van der Waals surface area (Å²) >= 11 is 0. The number of hydrogen-bond acceptors (Lipinski definition) is 4. The summed E-state index contributed by atoms with van der Waals surface area (Å²) in [5, 5.41) is 13.1. The zero-order chi connectivity index (χ0) is 14.1. The molecule has 0 bridgehead atoms. The number of aliphatic hydroxyl groups excluding tert-OH is 1. The summed E-state index contributed by atoms with van der Waals surface area (Å²) in [7, 11) is 0. The summed E-state index contributed by atoms with van der Waals surface area (Å²) in [6, 6.07) is 5.06. The van der Waals surface area contributed by atoms with Crippen molar-refractivity contribution in [3.63, 3.8) is 0 Å². The quantitative estimate of drug-likeness (QED) is 0.497. The molecule has 1 rings (SSSR count). The van der Waals surface area contributed by atoms with E-state index in [2.05, 4.69) is 10.6 Å². The molecule has 7 heteroatoms. The number of carbonyl (C=O) groups is 2. The second-order valence-electron chi connectivity index (χ2n) is 3.55. The molecule has 0 saturated carbocycles. The molecular formula is C12H15FN2O4. The Morgan fingerprint density at radius 1 is 1.16 bits per heavy atom. The van der Waals surface area contributed by atoms with Crippen molar-refractivity contribution >= 4 is 17.5 Å².